The first-order valence-corrected chi connectivity index (χ1v) is 13.7. The largest absolute Gasteiger partial charge is 0.354 e. The maximum absolute atomic E-state index is 12.5. The summed E-state index contributed by atoms with van der Waals surface area (Å²) in [7, 11) is -3.60. The van der Waals surface area contributed by atoms with Gasteiger partial charge in [0.1, 0.15) is 0 Å². The summed E-state index contributed by atoms with van der Waals surface area (Å²) >= 11 is 0. The molecule has 1 saturated heterocycles. The molecular formula is C26H34N4O4S. The van der Waals surface area contributed by atoms with E-state index in [-0.39, 0.29) is 31.1 Å². The predicted molar refractivity (Wildman–Crippen MR) is 138 cm³/mol. The van der Waals surface area contributed by atoms with Crippen molar-refractivity contribution < 1.29 is 18.0 Å². The SMILES string of the molecule is C#CCCNC(=O)CNC(=O)CN(C1CCN([C@H](C)c2cccc3ccccc23)CC1)S(C)(=O)=O. The van der Waals surface area contributed by atoms with Gasteiger partial charge in [-0.25, -0.2) is 8.42 Å². The highest BCUT2D eigenvalue weighted by atomic mass is 32.2. The zero-order valence-electron chi connectivity index (χ0n) is 20.4. The molecule has 0 aromatic heterocycles. The molecule has 1 aliphatic heterocycles. The van der Waals surface area contributed by atoms with Crippen molar-refractivity contribution in [3.63, 3.8) is 0 Å². The van der Waals surface area contributed by atoms with Crippen LogP contribution in [0.3, 0.4) is 0 Å². The Hall–Kier alpha value is -2.93. The van der Waals surface area contributed by atoms with Gasteiger partial charge in [0, 0.05) is 38.1 Å². The van der Waals surface area contributed by atoms with Crippen molar-refractivity contribution in [1.29, 1.82) is 0 Å². The summed E-state index contributed by atoms with van der Waals surface area (Å²) in [5.41, 5.74) is 1.25. The Balaban J connectivity index is 1.58. The number of nitrogens with one attached hydrogen (secondary N) is 2. The second-order valence-corrected chi connectivity index (χ2v) is 10.8. The molecule has 2 aromatic carbocycles. The fourth-order valence-corrected chi connectivity index (χ4v) is 5.71. The van der Waals surface area contributed by atoms with E-state index >= 15 is 0 Å². The third-order valence-electron chi connectivity index (χ3n) is 6.49. The molecule has 0 unspecified atom stereocenters. The summed E-state index contributed by atoms with van der Waals surface area (Å²) in [6.45, 7) is 3.43. The van der Waals surface area contributed by atoms with Crippen LogP contribution >= 0.6 is 0 Å². The second-order valence-electron chi connectivity index (χ2n) is 8.90. The third kappa shape index (κ3) is 7.28. The molecule has 1 fully saturated rings. The van der Waals surface area contributed by atoms with Gasteiger partial charge in [0.25, 0.3) is 0 Å². The molecule has 188 valence electrons. The lowest BCUT2D eigenvalue weighted by Crippen LogP contribution is -2.51. The summed E-state index contributed by atoms with van der Waals surface area (Å²) < 4.78 is 26.3. The highest BCUT2D eigenvalue weighted by Gasteiger charge is 2.33. The van der Waals surface area contributed by atoms with Crippen molar-refractivity contribution in [3.8, 4) is 12.3 Å². The number of carbonyl (C=O) groups excluding carboxylic acids is 2. The Bertz CT molecular complexity index is 1180. The minimum Gasteiger partial charge on any atom is -0.354 e. The van der Waals surface area contributed by atoms with E-state index < -0.39 is 15.9 Å². The molecule has 0 saturated carbocycles. The molecular weight excluding hydrogens is 464 g/mol. The van der Waals surface area contributed by atoms with Crippen LogP contribution in [0.1, 0.15) is 37.8 Å². The van der Waals surface area contributed by atoms with Crippen LogP contribution in [0.25, 0.3) is 10.8 Å². The Kier molecular flexibility index (Phi) is 9.26. The fourth-order valence-electron chi connectivity index (χ4n) is 4.60. The summed E-state index contributed by atoms with van der Waals surface area (Å²) in [4.78, 5) is 26.6. The number of nitrogens with zero attached hydrogens (tertiary/aromatic N) is 2. The molecule has 2 aromatic rings. The lowest BCUT2D eigenvalue weighted by molar-refractivity contribution is -0.126. The van der Waals surface area contributed by atoms with Crippen LogP contribution < -0.4 is 10.6 Å². The first kappa shape index (κ1) is 26.7. The Morgan fingerprint density at radius 2 is 1.80 bits per heavy atom. The van der Waals surface area contributed by atoms with Gasteiger partial charge in [0.2, 0.25) is 21.8 Å². The first-order valence-electron chi connectivity index (χ1n) is 11.9. The number of likely N-dealkylation sites (tertiary alicyclic amines) is 1. The third-order valence-corrected chi connectivity index (χ3v) is 7.77. The van der Waals surface area contributed by atoms with E-state index in [4.69, 9.17) is 6.42 Å². The normalized spacial score (nSPS) is 16.1. The molecule has 1 heterocycles. The maximum atomic E-state index is 12.5. The van der Waals surface area contributed by atoms with E-state index in [1.54, 1.807) is 0 Å². The van der Waals surface area contributed by atoms with Gasteiger partial charge >= 0.3 is 0 Å². The fraction of sp³-hybridized carbons (Fsp3) is 0.462. The van der Waals surface area contributed by atoms with Crippen LogP contribution in [0, 0.1) is 12.3 Å². The minimum absolute atomic E-state index is 0.185. The van der Waals surface area contributed by atoms with E-state index in [2.05, 4.69) is 58.7 Å². The monoisotopic (exact) mass is 498 g/mol. The van der Waals surface area contributed by atoms with Gasteiger partial charge in [-0.3, -0.25) is 14.5 Å². The highest BCUT2D eigenvalue weighted by molar-refractivity contribution is 7.88. The average Bonchev–Trinajstić information content (AvgIpc) is 2.85. The van der Waals surface area contributed by atoms with E-state index in [1.165, 1.54) is 20.6 Å². The number of amides is 2. The average molecular weight is 499 g/mol. The number of carbonyl (C=O) groups is 2. The van der Waals surface area contributed by atoms with E-state index in [9.17, 15) is 18.0 Å². The van der Waals surface area contributed by atoms with E-state index in [0.29, 0.717) is 25.8 Å². The maximum Gasteiger partial charge on any atom is 0.239 e. The first-order chi connectivity index (χ1) is 16.7. The Morgan fingerprint density at radius 1 is 1.11 bits per heavy atom. The minimum atomic E-state index is -3.60. The van der Waals surface area contributed by atoms with Crippen molar-refractivity contribution in [2.24, 2.45) is 0 Å². The van der Waals surface area contributed by atoms with E-state index in [1.807, 2.05) is 12.1 Å². The van der Waals surface area contributed by atoms with E-state index in [0.717, 1.165) is 19.3 Å². The van der Waals surface area contributed by atoms with Crippen LogP contribution in [0.2, 0.25) is 0 Å². The number of terminal acetylenes is 1. The number of rotatable bonds is 10. The van der Waals surface area contributed by atoms with Crippen molar-refractivity contribution in [2.45, 2.75) is 38.3 Å². The highest BCUT2D eigenvalue weighted by Crippen LogP contribution is 2.31. The molecule has 2 N–H and O–H groups in total. The topological polar surface area (TPSA) is 98.8 Å². The zero-order valence-corrected chi connectivity index (χ0v) is 21.2. The van der Waals surface area contributed by atoms with Crippen LogP contribution in [-0.2, 0) is 19.6 Å². The molecule has 0 aliphatic carbocycles. The molecule has 0 radical (unpaired) electrons. The number of hydrogen-bond donors (Lipinski definition) is 2. The van der Waals surface area contributed by atoms with Gasteiger partial charge in [0.05, 0.1) is 19.3 Å². The Morgan fingerprint density at radius 3 is 2.49 bits per heavy atom. The quantitative estimate of drug-likeness (QED) is 0.385. The van der Waals surface area contributed by atoms with Gasteiger partial charge in [0.15, 0.2) is 0 Å². The molecule has 2 amide bonds. The lowest BCUT2D eigenvalue weighted by atomic mass is 9.96. The molecule has 35 heavy (non-hydrogen) atoms. The van der Waals surface area contributed by atoms with Crippen LogP contribution in [0.4, 0.5) is 0 Å². The predicted octanol–water partition coefficient (Wildman–Crippen LogP) is 1.88. The van der Waals surface area contributed by atoms with Gasteiger partial charge in [-0.05, 0) is 36.1 Å². The Labute approximate surface area is 208 Å². The lowest BCUT2D eigenvalue weighted by Gasteiger charge is -2.39. The molecule has 0 spiro atoms. The number of sulfonamides is 1. The van der Waals surface area contributed by atoms with Crippen molar-refractivity contribution in [3.05, 3.63) is 48.0 Å². The van der Waals surface area contributed by atoms with Gasteiger partial charge < -0.3 is 10.6 Å². The molecule has 1 atom stereocenters. The number of piperidine rings is 1. The summed E-state index contributed by atoms with van der Waals surface area (Å²) in [6.07, 6.45) is 7.92. The van der Waals surface area contributed by atoms with Crippen LogP contribution in [0.15, 0.2) is 42.5 Å². The smallest absolute Gasteiger partial charge is 0.239 e. The molecule has 0 bridgehead atoms. The van der Waals surface area contributed by atoms with Crippen LogP contribution in [-0.4, -0.2) is 74.5 Å². The van der Waals surface area contributed by atoms with Gasteiger partial charge in [-0.1, -0.05) is 42.5 Å². The molecule has 3 rings (SSSR count). The molecule has 1 aliphatic rings. The standard InChI is InChI=1S/C26H34N4O4S/c1-4-5-15-27-25(31)18-28-26(32)19-30(35(3,33)34)22-13-16-29(17-14-22)20(2)23-12-8-10-21-9-6-7-11-24(21)23/h1,6-12,20,22H,5,13-19H2,2-3H3,(H,27,31)(H,28,32)/t20-/m1/s1. The van der Waals surface area contributed by atoms with Crippen molar-refractivity contribution in [2.75, 3.05) is 39.0 Å². The summed E-state index contributed by atoms with van der Waals surface area (Å²) in [5.74, 6) is 1.54. The van der Waals surface area contributed by atoms with Crippen LogP contribution in [0.5, 0.6) is 0 Å². The number of benzene rings is 2. The number of hydrogen-bond acceptors (Lipinski definition) is 5. The van der Waals surface area contributed by atoms with Crippen molar-refractivity contribution >= 4 is 32.6 Å². The van der Waals surface area contributed by atoms with Crippen molar-refractivity contribution in [1.82, 2.24) is 19.8 Å². The summed E-state index contributed by atoms with van der Waals surface area (Å²) in [6, 6.07) is 14.6. The number of fused-ring (bicyclic) bond motifs is 1. The van der Waals surface area contributed by atoms with Gasteiger partial charge in [-0.15, -0.1) is 12.3 Å². The molecule has 8 nitrogen and oxygen atoms in total. The molecule has 9 heteroatoms. The summed E-state index contributed by atoms with van der Waals surface area (Å²) in [5, 5.41) is 7.51. The van der Waals surface area contributed by atoms with Gasteiger partial charge in [-0.2, -0.15) is 4.31 Å². The zero-order chi connectivity index (χ0) is 25.4. The second kappa shape index (κ2) is 12.2.